The number of hydrogen-bond acceptors (Lipinski definition) is 2. The lowest BCUT2D eigenvalue weighted by atomic mass is 9.86. The smallest absolute Gasteiger partial charge is 0.122 e. The van der Waals surface area contributed by atoms with Gasteiger partial charge in [-0.2, -0.15) is 0 Å². The Morgan fingerprint density at radius 1 is 1.06 bits per heavy atom. The normalized spacial score (nSPS) is 24.0. The van der Waals surface area contributed by atoms with E-state index in [0.717, 1.165) is 18.7 Å². The Kier molecular flexibility index (Phi) is 4.28. The van der Waals surface area contributed by atoms with Gasteiger partial charge < -0.3 is 10.5 Å². The first-order valence-corrected chi connectivity index (χ1v) is 7.06. The van der Waals surface area contributed by atoms with Crippen LogP contribution in [-0.2, 0) is 0 Å². The molecule has 1 fully saturated rings. The lowest BCUT2D eigenvalue weighted by Gasteiger charge is -2.31. The van der Waals surface area contributed by atoms with Crippen molar-refractivity contribution in [1.82, 2.24) is 0 Å². The first-order valence-electron chi connectivity index (χ1n) is 7.06. The predicted molar refractivity (Wildman–Crippen MR) is 76.1 cm³/mol. The molecule has 100 valence electrons. The zero-order chi connectivity index (χ0) is 13.1. The van der Waals surface area contributed by atoms with Gasteiger partial charge in [0.25, 0.3) is 0 Å². The molecule has 0 aromatic heterocycles. The van der Waals surface area contributed by atoms with Gasteiger partial charge >= 0.3 is 0 Å². The summed E-state index contributed by atoms with van der Waals surface area (Å²) in [4.78, 5) is 0. The SMILES string of the molecule is Cc1cc(C)c(OC2CCCCC2CN)cc1C. The van der Waals surface area contributed by atoms with Crippen LogP contribution in [0.2, 0.25) is 0 Å². The van der Waals surface area contributed by atoms with Crippen molar-refractivity contribution in [3.8, 4) is 5.75 Å². The van der Waals surface area contributed by atoms with Crippen molar-refractivity contribution in [3.63, 3.8) is 0 Å². The molecule has 0 bridgehead atoms. The van der Waals surface area contributed by atoms with Crippen LogP contribution in [-0.4, -0.2) is 12.6 Å². The summed E-state index contributed by atoms with van der Waals surface area (Å²) in [7, 11) is 0. The average molecular weight is 247 g/mol. The number of benzene rings is 1. The highest BCUT2D eigenvalue weighted by Crippen LogP contribution is 2.30. The molecule has 2 heteroatoms. The summed E-state index contributed by atoms with van der Waals surface area (Å²) < 4.78 is 6.25. The third-order valence-electron chi connectivity index (χ3n) is 4.21. The van der Waals surface area contributed by atoms with Crippen molar-refractivity contribution >= 4 is 0 Å². The first kappa shape index (κ1) is 13.4. The van der Waals surface area contributed by atoms with Crippen LogP contribution in [0.25, 0.3) is 0 Å². The minimum Gasteiger partial charge on any atom is -0.490 e. The van der Waals surface area contributed by atoms with Crippen LogP contribution >= 0.6 is 0 Å². The fourth-order valence-corrected chi connectivity index (χ4v) is 2.82. The van der Waals surface area contributed by atoms with Crippen LogP contribution in [0.3, 0.4) is 0 Å². The third-order valence-corrected chi connectivity index (χ3v) is 4.21. The maximum Gasteiger partial charge on any atom is 0.122 e. The molecule has 0 spiro atoms. The van der Waals surface area contributed by atoms with E-state index in [9.17, 15) is 0 Å². The fourth-order valence-electron chi connectivity index (χ4n) is 2.82. The Labute approximate surface area is 111 Å². The Bertz CT molecular complexity index is 414. The summed E-state index contributed by atoms with van der Waals surface area (Å²) in [5, 5.41) is 0. The lowest BCUT2D eigenvalue weighted by Crippen LogP contribution is -2.35. The average Bonchev–Trinajstić information content (AvgIpc) is 2.36. The fraction of sp³-hybridized carbons (Fsp3) is 0.625. The van der Waals surface area contributed by atoms with E-state index in [-0.39, 0.29) is 0 Å². The number of aryl methyl sites for hydroxylation is 3. The molecule has 1 aliphatic carbocycles. The van der Waals surface area contributed by atoms with Gasteiger partial charge in [-0.1, -0.05) is 12.5 Å². The van der Waals surface area contributed by atoms with Crippen molar-refractivity contribution in [2.24, 2.45) is 11.7 Å². The van der Waals surface area contributed by atoms with Gasteiger partial charge in [-0.15, -0.1) is 0 Å². The number of hydrogen-bond donors (Lipinski definition) is 1. The molecule has 1 saturated carbocycles. The van der Waals surface area contributed by atoms with Gasteiger partial charge in [-0.05, 0) is 69.3 Å². The van der Waals surface area contributed by atoms with Crippen LogP contribution in [0.15, 0.2) is 12.1 Å². The van der Waals surface area contributed by atoms with Crippen molar-refractivity contribution in [2.75, 3.05) is 6.54 Å². The van der Waals surface area contributed by atoms with Gasteiger partial charge in [0.15, 0.2) is 0 Å². The maximum absolute atomic E-state index is 6.25. The molecule has 2 nitrogen and oxygen atoms in total. The topological polar surface area (TPSA) is 35.2 Å². The second-order valence-corrected chi connectivity index (χ2v) is 5.64. The van der Waals surface area contributed by atoms with Gasteiger partial charge in [0.05, 0.1) is 0 Å². The molecule has 0 saturated heterocycles. The summed E-state index contributed by atoms with van der Waals surface area (Å²) in [5.41, 5.74) is 9.73. The molecule has 0 heterocycles. The van der Waals surface area contributed by atoms with E-state index in [4.69, 9.17) is 10.5 Å². The van der Waals surface area contributed by atoms with E-state index in [1.807, 2.05) is 0 Å². The molecule has 1 aliphatic rings. The van der Waals surface area contributed by atoms with Crippen LogP contribution in [0, 0.1) is 26.7 Å². The van der Waals surface area contributed by atoms with Crippen molar-refractivity contribution in [2.45, 2.75) is 52.6 Å². The van der Waals surface area contributed by atoms with E-state index in [2.05, 4.69) is 32.9 Å². The van der Waals surface area contributed by atoms with Crippen LogP contribution in [0.5, 0.6) is 5.75 Å². The molecule has 2 N–H and O–H groups in total. The largest absolute Gasteiger partial charge is 0.490 e. The Morgan fingerprint density at radius 2 is 1.72 bits per heavy atom. The van der Waals surface area contributed by atoms with Crippen LogP contribution < -0.4 is 10.5 Å². The van der Waals surface area contributed by atoms with Gasteiger partial charge in [0.2, 0.25) is 0 Å². The molecule has 1 aromatic carbocycles. The second-order valence-electron chi connectivity index (χ2n) is 5.64. The monoisotopic (exact) mass is 247 g/mol. The van der Waals surface area contributed by atoms with Gasteiger partial charge in [-0.25, -0.2) is 0 Å². The van der Waals surface area contributed by atoms with E-state index in [1.54, 1.807) is 0 Å². The molecular weight excluding hydrogens is 222 g/mol. The van der Waals surface area contributed by atoms with Crippen molar-refractivity contribution < 1.29 is 4.74 Å². The standard InChI is InChI=1S/C16H25NO/c1-11-8-13(3)16(9-12(11)2)18-15-7-5-4-6-14(15)10-17/h8-9,14-15H,4-7,10,17H2,1-3H3. The van der Waals surface area contributed by atoms with Crippen LogP contribution in [0.1, 0.15) is 42.4 Å². The van der Waals surface area contributed by atoms with E-state index < -0.39 is 0 Å². The third kappa shape index (κ3) is 2.86. The summed E-state index contributed by atoms with van der Waals surface area (Å²) >= 11 is 0. The number of rotatable bonds is 3. The molecule has 2 atom stereocenters. The van der Waals surface area contributed by atoms with Gasteiger partial charge in [0, 0.05) is 5.92 Å². The molecule has 2 rings (SSSR count). The maximum atomic E-state index is 6.25. The summed E-state index contributed by atoms with van der Waals surface area (Å²) in [5.74, 6) is 1.57. The highest BCUT2D eigenvalue weighted by Gasteiger charge is 2.26. The van der Waals surface area contributed by atoms with Crippen molar-refractivity contribution in [1.29, 1.82) is 0 Å². The highest BCUT2D eigenvalue weighted by atomic mass is 16.5. The molecule has 1 aromatic rings. The number of ether oxygens (including phenoxy) is 1. The zero-order valence-corrected chi connectivity index (χ0v) is 11.8. The van der Waals surface area contributed by atoms with Gasteiger partial charge in [0.1, 0.15) is 11.9 Å². The minimum atomic E-state index is 0.310. The molecule has 18 heavy (non-hydrogen) atoms. The Balaban J connectivity index is 2.15. The molecule has 0 amide bonds. The molecule has 0 aliphatic heterocycles. The molecule has 2 unspecified atom stereocenters. The quantitative estimate of drug-likeness (QED) is 0.887. The number of nitrogens with two attached hydrogens (primary N) is 1. The van der Waals surface area contributed by atoms with Gasteiger partial charge in [-0.3, -0.25) is 0 Å². The Hall–Kier alpha value is -1.02. The zero-order valence-electron chi connectivity index (χ0n) is 11.8. The summed E-state index contributed by atoms with van der Waals surface area (Å²) in [6, 6.07) is 4.39. The predicted octanol–water partition coefficient (Wildman–Crippen LogP) is 3.51. The highest BCUT2D eigenvalue weighted by molar-refractivity contribution is 5.41. The summed E-state index contributed by atoms with van der Waals surface area (Å²) in [6.07, 6.45) is 5.24. The van der Waals surface area contributed by atoms with Crippen molar-refractivity contribution in [3.05, 3.63) is 28.8 Å². The molecular formula is C16H25NO. The minimum absolute atomic E-state index is 0.310. The van der Waals surface area contributed by atoms with E-state index >= 15 is 0 Å². The molecule has 0 radical (unpaired) electrons. The first-order chi connectivity index (χ1) is 8.61. The lowest BCUT2D eigenvalue weighted by molar-refractivity contribution is 0.0962. The van der Waals surface area contributed by atoms with Crippen LogP contribution in [0.4, 0.5) is 0 Å². The second kappa shape index (κ2) is 5.75. The Morgan fingerprint density at radius 3 is 2.44 bits per heavy atom. The van der Waals surface area contributed by atoms with E-state index in [1.165, 1.54) is 36.0 Å². The summed E-state index contributed by atoms with van der Waals surface area (Å²) in [6.45, 7) is 7.16. The van der Waals surface area contributed by atoms with E-state index in [0.29, 0.717) is 12.0 Å².